The molecule has 1 atom stereocenters. The average molecular weight is 424 g/mol. The molecule has 0 aliphatic heterocycles. The SMILES string of the molecule is CCCCCCCCCCCCCCCCC(Cc1ccccc1)C(C)(C)N.Cl. The summed E-state index contributed by atoms with van der Waals surface area (Å²) in [5.41, 5.74) is 7.82. The van der Waals surface area contributed by atoms with Crippen molar-refractivity contribution in [1.82, 2.24) is 0 Å². The maximum absolute atomic E-state index is 6.48. The monoisotopic (exact) mass is 423 g/mol. The van der Waals surface area contributed by atoms with Gasteiger partial charge in [0, 0.05) is 5.54 Å². The van der Waals surface area contributed by atoms with Crippen molar-refractivity contribution in [2.24, 2.45) is 11.7 Å². The van der Waals surface area contributed by atoms with Crippen LogP contribution in [-0.4, -0.2) is 5.54 Å². The molecule has 0 aliphatic rings. The highest BCUT2D eigenvalue weighted by molar-refractivity contribution is 5.85. The van der Waals surface area contributed by atoms with Crippen molar-refractivity contribution in [3.8, 4) is 0 Å². The van der Waals surface area contributed by atoms with Crippen LogP contribution in [0.3, 0.4) is 0 Å². The summed E-state index contributed by atoms with van der Waals surface area (Å²) >= 11 is 0. The molecule has 0 amide bonds. The van der Waals surface area contributed by atoms with Crippen molar-refractivity contribution in [2.45, 2.75) is 129 Å². The van der Waals surface area contributed by atoms with Crippen LogP contribution in [0.25, 0.3) is 0 Å². The van der Waals surface area contributed by atoms with Crippen molar-refractivity contribution in [3.63, 3.8) is 0 Å². The van der Waals surface area contributed by atoms with E-state index in [1.165, 1.54) is 102 Å². The summed E-state index contributed by atoms with van der Waals surface area (Å²) in [6.07, 6.45) is 22.3. The summed E-state index contributed by atoms with van der Waals surface area (Å²) in [7, 11) is 0. The van der Waals surface area contributed by atoms with E-state index >= 15 is 0 Å². The highest BCUT2D eigenvalue weighted by Gasteiger charge is 2.24. The van der Waals surface area contributed by atoms with Gasteiger partial charge in [-0.05, 0) is 38.2 Å². The zero-order valence-corrected chi connectivity index (χ0v) is 20.6. The van der Waals surface area contributed by atoms with Gasteiger partial charge < -0.3 is 5.73 Å². The number of nitrogens with two attached hydrogens (primary N) is 1. The first-order chi connectivity index (χ1) is 13.5. The Kier molecular flexibility index (Phi) is 17.9. The van der Waals surface area contributed by atoms with Gasteiger partial charge in [0.25, 0.3) is 0 Å². The quantitative estimate of drug-likeness (QED) is 0.234. The number of benzene rings is 1. The van der Waals surface area contributed by atoms with E-state index in [-0.39, 0.29) is 17.9 Å². The first-order valence-electron chi connectivity index (χ1n) is 12.4. The maximum atomic E-state index is 6.48. The van der Waals surface area contributed by atoms with E-state index in [2.05, 4.69) is 51.1 Å². The largest absolute Gasteiger partial charge is 0.325 e. The molecular formula is C27H50ClN. The molecule has 0 radical (unpaired) electrons. The van der Waals surface area contributed by atoms with Crippen LogP contribution >= 0.6 is 12.4 Å². The minimum Gasteiger partial charge on any atom is -0.325 e. The number of rotatable bonds is 18. The fourth-order valence-corrected chi connectivity index (χ4v) is 4.22. The van der Waals surface area contributed by atoms with E-state index < -0.39 is 0 Å². The maximum Gasteiger partial charge on any atom is 0.0129 e. The first kappa shape index (κ1) is 28.5. The van der Waals surface area contributed by atoms with Crippen molar-refractivity contribution >= 4 is 12.4 Å². The van der Waals surface area contributed by atoms with Gasteiger partial charge in [-0.15, -0.1) is 12.4 Å². The molecule has 1 nitrogen and oxygen atoms in total. The van der Waals surface area contributed by atoms with Crippen LogP contribution in [-0.2, 0) is 6.42 Å². The van der Waals surface area contributed by atoms with Crippen molar-refractivity contribution < 1.29 is 0 Å². The molecule has 1 aromatic rings. The van der Waals surface area contributed by atoms with E-state index in [1.807, 2.05) is 0 Å². The zero-order chi connectivity index (χ0) is 20.5. The van der Waals surface area contributed by atoms with Gasteiger partial charge in [0.1, 0.15) is 0 Å². The molecule has 29 heavy (non-hydrogen) atoms. The van der Waals surface area contributed by atoms with E-state index in [9.17, 15) is 0 Å². The Balaban J connectivity index is 0.00000784. The molecule has 1 rings (SSSR count). The highest BCUT2D eigenvalue weighted by Crippen LogP contribution is 2.25. The molecule has 2 heteroatoms. The topological polar surface area (TPSA) is 26.0 Å². The Hall–Kier alpha value is -0.530. The van der Waals surface area contributed by atoms with E-state index in [1.54, 1.807) is 0 Å². The Bertz CT molecular complexity index is 451. The van der Waals surface area contributed by atoms with Crippen LogP contribution in [0.2, 0.25) is 0 Å². The number of unbranched alkanes of at least 4 members (excludes halogenated alkanes) is 13. The highest BCUT2D eigenvalue weighted by atomic mass is 35.5. The van der Waals surface area contributed by atoms with Crippen LogP contribution in [0.5, 0.6) is 0 Å². The predicted molar refractivity (Wildman–Crippen MR) is 134 cm³/mol. The average Bonchev–Trinajstić information content (AvgIpc) is 2.67. The summed E-state index contributed by atoms with van der Waals surface area (Å²) in [6.45, 7) is 6.69. The molecule has 0 aromatic heterocycles. The lowest BCUT2D eigenvalue weighted by molar-refractivity contribution is 0.290. The van der Waals surface area contributed by atoms with Crippen LogP contribution in [0.4, 0.5) is 0 Å². The summed E-state index contributed by atoms with van der Waals surface area (Å²) in [4.78, 5) is 0. The predicted octanol–water partition coefficient (Wildman–Crippen LogP) is 8.88. The Morgan fingerprint density at radius 1 is 0.690 bits per heavy atom. The molecular weight excluding hydrogens is 374 g/mol. The number of halogens is 1. The number of hydrogen-bond donors (Lipinski definition) is 1. The minimum absolute atomic E-state index is 0. The lowest BCUT2D eigenvalue weighted by atomic mass is 9.80. The second kappa shape index (κ2) is 18.3. The van der Waals surface area contributed by atoms with Gasteiger partial charge in [-0.1, -0.05) is 127 Å². The summed E-state index contributed by atoms with van der Waals surface area (Å²) in [6, 6.07) is 10.9. The van der Waals surface area contributed by atoms with Crippen molar-refractivity contribution in [3.05, 3.63) is 35.9 Å². The zero-order valence-electron chi connectivity index (χ0n) is 19.8. The summed E-state index contributed by atoms with van der Waals surface area (Å²) in [5, 5.41) is 0. The molecule has 0 heterocycles. The van der Waals surface area contributed by atoms with Crippen molar-refractivity contribution in [1.29, 1.82) is 0 Å². The molecule has 1 aromatic carbocycles. The fourth-order valence-electron chi connectivity index (χ4n) is 4.22. The smallest absolute Gasteiger partial charge is 0.0129 e. The van der Waals surface area contributed by atoms with Crippen molar-refractivity contribution in [2.75, 3.05) is 0 Å². The second-order valence-electron chi connectivity index (χ2n) is 9.59. The van der Waals surface area contributed by atoms with E-state index in [4.69, 9.17) is 5.73 Å². The molecule has 0 aliphatic carbocycles. The van der Waals surface area contributed by atoms with Gasteiger partial charge in [-0.3, -0.25) is 0 Å². The van der Waals surface area contributed by atoms with Gasteiger partial charge in [-0.25, -0.2) is 0 Å². The Morgan fingerprint density at radius 2 is 1.10 bits per heavy atom. The van der Waals surface area contributed by atoms with Crippen LogP contribution in [0, 0.1) is 5.92 Å². The molecule has 0 bridgehead atoms. The van der Waals surface area contributed by atoms with Gasteiger partial charge in [0.05, 0.1) is 0 Å². The van der Waals surface area contributed by atoms with E-state index in [0.29, 0.717) is 5.92 Å². The molecule has 0 saturated heterocycles. The molecule has 2 N–H and O–H groups in total. The summed E-state index contributed by atoms with van der Waals surface area (Å²) in [5.74, 6) is 0.576. The Morgan fingerprint density at radius 3 is 1.52 bits per heavy atom. The standard InChI is InChI=1S/C27H49N.ClH/c1-4-5-6-7-8-9-10-11-12-13-14-15-16-20-23-26(27(2,3)28)24-25-21-18-17-19-22-25;/h17-19,21-22,26H,4-16,20,23-24,28H2,1-3H3;1H. The molecule has 170 valence electrons. The normalized spacial score (nSPS) is 12.6. The Labute approximate surface area is 189 Å². The lowest BCUT2D eigenvalue weighted by Gasteiger charge is -2.31. The third kappa shape index (κ3) is 15.9. The molecule has 0 fully saturated rings. The molecule has 0 spiro atoms. The van der Waals surface area contributed by atoms with Gasteiger partial charge >= 0.3 is 0 Å². The third-order valence-corrected chi connectivity index (χ3v) is 6.28. The first-order valence-corrected chi connectivity index (χ1v) is 12.4. The minimum atomic E-state index is -0.0909. The van der Waals surface area contributed by atoms with Gasteiger partial charge in [0.2, 0.25) is 0 Å². The second-order valence-corrected chi connectivity index (χ2v) is 9.59. The molecule has 1 unspecified atom stereocenters. The fraction of sp³-hybridized carbons (Fsp3) is 0.778. The van der Waals surface area contributed by atoms with E-state index in [0.717, 1.165) is 6.42 Å². The lowest BCUT2D eigenvalue weighted by Crippen LogP contribution is -2.42. The summed E-state index contributed by atoms with van der Waals surface area (Å²) < 4.78 is 0. The van der Waals surface area contributed by atoms with Crippen LogP contribution in [0.1, 0.15) is 123 Å². The third-order valence-electron chi connectivity index (χ3n) is 6.28. The van der Waals surface area contributed by atoms with Crippen LogP contribution in [0.15, 0.2) is 30.3 Å². The van der Waals surface area contributed by atoms with Crippen LogP contribution < -0.4 is 5.73 Å². The molecule has 0 saturated carbocycles. The number of hydrogen-bond acceptors (Lipinski definition) is 1. The van der Waals surface area contributed by atoms with Gasteiger partial charge in [0.15, 0.2) is 0 Å². The van der Waals surface area contributed by atoms with Gasteiger partial charge in [-0.2, -0.15) is 0 Å².